The largest absolute Gasteiger partial charge is 0.334 e. The first-order valence-electron chi connectivity index (χ1n) is 8.74. The minimum absolute atomic E-state index is 0.441. The van der Waals surface area contributed by atoms with Crippen molar-refractivity contribution in [2.75, 3.05) is 0 Å². The van der Waals surface area contributed by atoms with Crippen molar-refractivity contribution in [3.05, 3.63) is 46.9 Å². The predicted octanol–water partition coefficient (Wildman–Crippen LogP) is 5.03. The summed E-state index contributed by atoms with van der Waals surface area (Å²) in [4.78, 5) is 4.58. The molecule has 1 fully saturated rings. The van der Waals surface area contributed by atoms with Gasteiger partial charge in [-0.3, -0.25) is 0 Å². The van der Waals surface area contributed by atoms with Crippen LogP contribution in [0.15, 0.2) is 51.5 Å². The van der Waals surface area contributed by atoms with E-state index in [2.05, 4.69) is 47.1 Å². The zero-order valence-electron chi connectivity index (χ0n) is 14.0. The SMILES string of the molecule is Brc1ccccc1-c1nc(-c2cccc3c2nnn3C2CCCC2)no1. The van der Waals surface area contributed by atoms with Gasteiger partial charge in [-0.05, 0) is 53.0 Å². The van der Waals surface area contributed by atoms with Gasteiger partial charge in [0.1, 0.15) is 5.52 Å². The lowest BCUT2D eigenvalue weighted by atomic mass is 10.1. The molecule has 0 N–H and O–H groups in total. The lowest BCUT2D eigenvalue weighted by Gasteiger charge is -2.09. The highest BCUT2D eigenvalue weighted by atomic mass is 79.9. The number of fused-ring (bicyclic) bond motifs is 1. The van der Waals surface area contributed by atoms with Crippen LogP contribution in [0.2, 0.25) is 0 Å². The molecule has 7 heteroatoms. The van der Waals surface area contributed by atoms with Crippen molar-refractivity contribution >= 4 is 27.0 Å². The molecule has 26 heavy (non-hydrogen) atoms. The fourth-order valence-corrected chi connectivity index (χ4v) is 4.09. The van der Waals surface area contributed by atoms with Crippen molar-refractivity contribution in [2.24, 2.45) is 0 Å². The molecule has 1 saturated carbocycles. The van der Waals surface area contributed by atoms with Crippen LogP contribution in [0.4, 0.5) is 0 Å². The number of benzene rings is 2. The van der Waals surface area contributed by atoms with Crippen LogP contribution in [0.1, 0.15) is 31.7 Å². The highest BCUT2D eigenvalue weighted by molar-refractivity contribution is 9.10. The van der Waals surface area contributed by atoms with E-state index < -0.39 is 0 Å². The smallest absolute Gasteiger partial charge is 0.259 e. The van der Waals surface area contributed by atoms with Gasteiger partial charge in [0.15, 0.2) is 0 Å². The number of hydrogen-bond acceptors (Lipinski definition) is 5. The van der Waals surface area contributed by atoms with Crippen molar-refractivity contribution in [3.63, 3.8) is 0 Å². The van der Waals surface area contributed by atoms with E-state index in [-0.39, 0.29) is 0 Å². The van der Waals surface area contributed by atoms with Crippen molar-refractivity contribution in [1.29, 1.82) is 0 Å². The number of rotatable bonds is 3. The number of nitrogens with zero attached hydrogens (tertiary/aromatic N) is 5. The molecule has 2 heterocycles. The Kier molecular flexibility index (Phi) is 3.81. The molecule has 5 rings (SSSR count). The summed E-state index contributed by atoms with van der Waals surface area (Å²) in [5, 5.41) is 13.0. The molecule has 6 nitrogen and oxygen atoms in total. The molecule has 0 saturated heterocycles. The molecule has 0 atom stereocenters. The fourth-order valence-electron chi connectivity index (χ4n) is 3.64. The molecule has 0 unspecified atom stereocenters. The monoisotopic (exact) mass is 409 g/mol. The first-order valence-corrected chi connectivity index (χ1v) is 9.53. The van der Waals surface area contributed by atoms with E-state index in [1.54, 1.807) is 0 Å². The Hall–Kier alpha value is -2.54. The summed E-state index contributed by atoms with van der Waals surface area (Å²) >= 11 is 3.53. The van der Waals surface area contributed by atoms with Crippen LogP contribution >= 0.6 is 15.9 Å². The lowest BCUT2D eigenvalue weighted by Crippen LogP contribution is -2.06. The van der Waals surface area contributed by atoms with E-state index in [0.717, 1.165) is 39.5 Å². The van der Waals surface area contributed by atoms with Gasteiger partial charge in [0, 0.05) is 4.47 Å². The second-order valence-corrected chi connectivity index (χ2v) is 7.40. The second kappa shape index (κ2) is 6.32. The van der Waals surface area contributed by atoms with Crippen molar-refractivity contribution in [2.45, 2.75) is 31.7 Å². The standard InChI is InChI=1S/C19H16BrN5O/c20-15-10-4-3-8-13(15)19-21-18(23-26-19)14-9-5-11-16-17(14)22-24-25(16)12-6-1-2-7-12/h3-5,8-12H,1-2,6-7H2. The maximum atomic E-state index is 5.50. The van der Waals surface area contributed by atoms with Crippen molar-refractivity contribution in [3.8, 4) is 22.8 Å². The molecule has 4 aromatic rings. The lowest BCUT2D eigenvalue weighted by molar-refractivity contribution is 0.432. The topological polar surface area (TPSA) is 69.6 Å². The maximum Gasteiger partial charge on any atom is 0.259 e. The zero-order chi connectivity index (χ0) is 17.5. The quantitative estimate of drug-likeness (QED) is 0.474. The van der Waals surface area contributed by atoms with Gasteiger partial charge in [0.2, 0.25) is 5.82 Å². The predicted molar refractivity (Wildman–Crippen MR) is 101 cm³/mol. The van der Waals surface area contributed by atoms with E-state index in [0.29, 0.717) is 17.8 Å². The van der Waals surface area contributed by atoms with Gasteiger partial charge in [-0.25, -0.2) is 4.68 Å². The van der Waals surface area contributed by atoms with Gasteiger partial charge >= 0.3 is 0 Å². The molecular formula is C19H16BrN5O. The van der Waals surface area contributed by atoms with Crippen LogP contribution in [0.3, 0.4) is 0 Å². The zero-order valence-corrected chi connectivity index (χ0v) is 15.6. The Morgan fingerprint density at radius 2 is 1.81 bits per heavy atom. The first-order chi connectivity index (χ1) is 12.8. The third-order valence-corrected chi connectivity index (χ3v) is 5.64. The molecule has 0 aliphatic heterocycles. The molecule has 0 spiro atoms. The molecular weight excluding hydrogens is 394 g/mol. The molecule has 1 aliphatic rings. The molecule has 2 aromatic heterocycles. The molecule has 0 radical (unpaired) electrons. The van der Waals surface area contributed by atoms with Gasteiger partial charge < -0.3 is 4.52 Å². The average Bonchev–Trinajstić information content (AvgIpc) is 3.41. The first kappa shape index (κ1) is 15.7. The summed E-state index contributed by atoms with van der Waals surface area (Å²) in [6.07, 6.45) is 4.84. The van der Waals surface area contributed by atoms with E-state index in [1.807, 2.05) is 36.4 Å². The summed E-state index contributed by atoms with van der Waals surface area (Å²) in [5.41, 5.74) is 3.56. The summed E-state index contributed by atoms with van der Waals surface area (Å²) in [6, 6.07) is 14.3. The van der Waals surface area contributed by atoms with E-state index >= 15 is 0 Å². The second-order valence-electron chi connectivity index (χ2n) is 6.55. The molecule has 130 valence electrons. The Morgan fingerprint density at radius 1 is 1.00 bits per heavy atom. The van der Waals surface area contributed by atoms with Gasteiger partial charge in [-0.1, -0.05) is 41.4 Å². The highest BCUT2D eigenvalue weighted by Gasteiger charge is 2.22. The van der Waals surface area contributed by atoms with Crippen molar-refractivity contribution < 1.29 is 4.52 Å². The van der Waals surface area contributed by atoms with Crippen LogP contribution in [0.25, 0.3) is 33.9 Å². The van der Waals surface area contributed by atoms with E-state index in [9.17, 15) is 0 Å². The Balaban J connectivity index is 1.59. The number of halogens is 1. The van der Waals surface area contributed by atoms with Crippen LogP contribution in [0, 0.1) is 0 Å². The number of hydrogen-bond donors (Lipinski definition) is 0. The molecule has 0 bridgehead atoms. The van der Waals surface area contributed by atoms with Crippen LogP contribution in [-0.2, 0) is 0 Å². The Morgan fingerprint density at radius 3 is 2.65 bits per heavy atom. The minimum Gasteiger partial charge on any atom is -0.334 e. The Labute approximate surface area is 158 Å². The van der Waals surface area contributed by atoms with Gasteiger partial charge in [-0.15, -0.1) is 5.10 Å². The minimum atomic E-state index is 0.441. The van der Waals surface area contributed by atoms with Crippen LogP contribution < -0.4 is 0 Å². The van der Waals surface area contributed by atoms with E-state index in [1.165, 1.54) is 12.8 Å². The molecule has 0 amide bonds. The highest BCUT2D eigenvalue weighted by Crippen LogP contribution is 2.34. The third kappa shape index (κ3) is 2.54. The Bertz CT molecular complexity index is 1080. The molecule has 2 aromatic carbocycles. The summed E-state index contributed by atoms with van der Waals surface area (Å²) in [7, 11) is 0. The average molecular weight is 410 g/mol. The van der Waals surface area contributed by atoms with Crippen molar-refractivity contribution in [1.82, 2.24) is 25.1 Å². The maximum absolute atomic E-state index is 5.50. The summed E-state index contributed by atoms with van der Waals surface area (Å²) in [6.45, 7) is 0. The number of aromatic nitrogens is 5. The van der Waals surface area contributed by atoms with Crippen LogP contribution in [0.5, 0.6) is 0 Å². The normalized spacial score (nSPS) is 15.1. The molecule has 1 aliphatic carbocycles. The van der Waals surface area contributed by atoms with Crippen LogP contribution in [-0.4, -0.2) is 25.1 Å². The van der Waals surface area contributed by atoms with E-state index in [4.69, 9.17) is 4.52 Å². The van der Waals surface area contributed by atoms with Gasteiger partial charge in [0.25, 0.3) is 5.89 Å². The third-order valence-electron chi connectivity index (χ3n) is 4.94. The van der Waals surface area contributed by atoms with Gasteiger partial charge in [-0.2, -0.15) is 4.98 Å². The summed E-state index contributed by atoms with van der Waals surface area (Å²) < 4.78 is 8.47. The van der Waals surface area contributed by atoms with Gasteiger partial charge in [0.05, 0.1) is 22.7 Å². The summed E-state index contributed by atoms with van der Waals surface area (Å²) in [5.74, 6) is 1.01. The fraction of sp³-hybridized carbons (Fsp3) is 0.263.